The van der Waals surface area contributed by atoms with Gasteiger partial charge >= 0.3 is 7.55 Å². The number of nitrogens with two attached hydrogens (primary N) is 1. The molecule has 203 valence electrons. The molecular formula is C33H34BN7+. The van der Waals surface area contributed by atoms with Crippen LogP contribution >= 0.6 is 0 Å². The molecule has 0 bridgehead atoms. The third-order valence-corrected chi connectivity index (χ3v) is 9.19. The average molecular weight is 539 g/mol. The molecule has 1 saturated carbocycles. The van der Waals surface area contributed by atoms with E-state index >= 15 is 0 Å². The first kappa shape index (κ1) is 24.5. The number of rotatable bonds is 4. The molecule has 1 radical (unpaired) electrons. The quantitative estimate of drug-likeness (QED) is 0.226. The number of allylic oxidation sites excluding steroid dienone is 1. The zero-order valence-electron chi connectivity index (χ0n) is 23.3. The molecule has 7 nitrogen and oxygen atoms in total. The van der Waals surface area contributed by atoms with Crippen LogP contribution in [0.25, 0.3) is 11.4 Å². The Labute approximate surface area is 241 Å². The van der Waals surface area contributed by atoms with Crippen molar-refractivity contribution in [2.75, 3.05) is 12.3 Å². The van der Waals surface area contributed by atoms with E-state index in [2.05, 4.69) is 98.6 Å². The number of hydrogen-bond donors (Lipinski definition) is 1. The van der Waals surface area contributed by atoms with E-state index in [1.54, 1.807) is 0 Å². The molecule has 2 aromatic carbocycles. The lowest BCUT2D eigenvalue weighted by Crippen LogP contribution is -2.43. The van der Waals surface area contributed by atoms with Crippen molar-refractivity contribution < 1.29 is 4.58 Å². The van der Waals surface area contributed by atoms with Gasteiger partial charge in [-0.1, -0.05) is 73.7 Å². The zero-order chi connectivity index (χ0) is 27.3. The van der Waals surface area contributed by atoms with E-state index in [4.69, 9.17) is 5.73 Å². The maximum Gasteiger partial charge on any atom is 0.553 e. The van der Waals surface area contributed by atoms with Crippen LogP contribution in [0.1, 0.15) is 60.2 Å². The molecule has 8 rings (SSSR count). The standard InChI is InChI=1S/C33H33BN7/c35-27-12-10-25(11-13-27)33-29-14-16-31(38-19-18-24-8-4-5-9-26(24)21-38)40(29)34-41-30(33)15-17-32(41)39-22-28(36-37-39)20-23-6-2-1-3-7-23/h4-5,8-17,22-23,35H,1-3,6-7,18-21H2/p+1. The molecule has 0 atom stereocenters. The van der Waals surface area contributed by atoms with Crippen molar-refractivity contribution in [3.8, 4) is 5.82 Å². The largest absolute Gasteiger partial charge is 0.553 e. The van der Waals surface area contributed by atoms with Crippen molar-refractivity contribution in [2.45, 2.75) is 51.5 Å². The van der Waals surface area contributed by atoms with Gasteiger partial charge in [-0.2, -0.15) is 0 Å². The first-order valence-electron chi connectivity index (χ1n) is 15.0. The van der Waals surface area contributed by atoms with Gasteiger partial charge in [0.2, 0.25) is 0 Å². The average Bonchev–Trinajstić information content (AvgIpc) is 3.75. The number of nitrogens with zero attached hydrogens (tertiary/aromatic N) is 6. The highest BCUT2D eigenvalue weighted by molar-refractivity contribution is 6.40. The summed E-state index contributed by atoms with van der Waals surface area (Å²) in [5.74, 6) is 2.92. The lowest BCUT2D eigenvalue weighted by atomic mass is 9.86. The summed E-state index contributed by atoms with van der Waals surface area (Å²) < 4.78 is 6.71. The molecular weight excluding hydrogens is 505 g/mol. The minimum absolute atomic E-state index is 0.729. The Kier molecular flexibility index (Phi) is 5.94. The number of nitrogen functional groups attached to an aromatic ring is 1. The molecule has 1 aliphatic carbocycles. The van der Waals surface area contributed by atoms with Crippen LogP contribution in [0.15, 0.2) is 84.7 Å². The Balaban J connectivity index is 1.19. The molecule has 4 aliphatic rings. The van der Waals surface area contributed by atoms with Gasteiger partial charge in [-0.15, -0.1) is 5.10 Å². The highest BCUT2D eigenvalue weighted by Gasteiger charge is 2.41. The van der Waals surface area contributed by atoms with Crippen LogP contribution in [0, 0.1) is 5.92 Å². The van der Waals surface area contributed by atoms with Gasteiger partial charge in [0.05, 0.1) is 18.4 Å². The molecule has 0 unspecified atom stereocenters. The SMILES string of the molecule is Nc1ccc(C2=C3C=CC(=[N+]4CCc5ccccc5C4)N3[B]n3c2ccc3-n2cc(CC3CCCCC3)nn2)cc1. The smallest absolute Gasteiger partial charge is 0.399 e. The fourth-order valence-corrected chi connectivity index (χ4v) is 7.04. The van der Waals surface area contributed by atoms with Crippen LogP contribution in [-0.2, 0) is 19.4 Å². The van der Waals surface area contributed by atoms with Crippen LogP contribution in [0.5, 0.6) is 0 Å². The highest BCUT2D eigenvalue weighted by Crippen LogP contribution is 2.37. The van der Waals surface area contributed by atoms with Crippen LogP contribution in [0.3, 0.4) is 0 Å². The zero-order valence-corrected chi connectivity index (χ0v) is 23.3. The van der Waals surface area contributed by atoms with Gasteiger partial charge < -0.3 is 10.2 Å². The Morgan fingerprint density at radius 3 is 2.61 bits per heavy atom. The summed E-state index contributed by atoms with van der Waals surface area (Å²) in [5.41, 5.74) is 15.4. The molecule has 2 aromatic heterocycles. The van der Waals surface area contributed by atoms with Crippen molar-refractivity contribution in [2.24, 2.45) is 5.92 Å². The lowest BCUT2D eigenvalue weighted by molar-refractivity contribution is -0.550. The second kappa shape index (κ2) is 9.94. The number of fused-ring (bicyclic) bond motifs is 3. The summed E-state index contributed by atoms with van der Waals surface area (Å²) >= 11 is 0. The second-order valence-electron chi connectivity index (χ2n) is 11.8. The summed E-state index contributed by atoms with van der Waals surface area (Å²) in [6.07, 6.45) is 15.4. The summed E-state index contributed by atoms with van der Waals surface area (Å²) in [4.78, 5) is 2.34. The van der Waals surface area contributed by atoms with Crippen LogP contribution in [0.4, 0.5) is 5.69 Å². The molecule has 8 heteroatoms. The van der Waals surface area contributed by atoms with E-state index in [1.165, 1.54) is 60.3 Å². The topological polar surface area (TPSA) is 67.9 Å². The number of benzene rings is 2. The van der Waals surface area contributed by atoms with Gasteiger partial charge in [0.15, 0.2) is 0 Å². The van der Waals surface area contributed by atoms with E-state index < -0.39 is 0 Å². The van der Waals surface area contributed by atoms with E-state index in [1.807, 2.05) is 16.8 Å². The Morgan fingerprint density at radius 2 is 1.76 bits per heavy atom. The summed E-state index contributed by atoms with van der Waals surface area (Å²) in [6.45, 7) is 1.90. The summed E-state index contributed by atoms with van der Waals surface area (Å²) in [6, 6.07) is 21.4. The van der Waals surface area contributed by atoms with Crippen molar-refractivity contribution in [3.05, 3.63) is 113 Å². The van der Waals surface area contributed by atoms with Crippen LogP contribution in [0.2, 0.25) is 0 Å². The van der Waals surface area contributed by atoms with Crippen molar-refractivity contribution in [3.63, 3.8) is 0 Å². The predicted octanol–water partition coefficient (Wildman–Crippen LogP) is 4.97. The van der Waals surface area contributed by atoms with E-state index in [-0.39, 0.29) is 0 Å². The minimum Gasteiger partial charge on any atom is -0.399 e. The Hall–Kier alpha value is -4.33. The molecule has 41 heavy (non-hydrogen) atoms. The monoisotopic (exact) mass is 539 g/mol. The third kappa shape index (κ3) is 4.33. The number of hydrogen-bond acceptors (Lipinski definition) is 3. The lowest BCUT2D eigenvalue weighted by Gasteiger charge is -2.27. The third-order valence-electron chi connectivity index (χ3n) is 9.19. The van der Waals surface area contributed by atoms with Crippen molar-refractivity contribution >= 4 is 24.6 Å². The molecule has 0 spiro atoms. The first-order valence-corrected chi connectivity index (χ1v) is 15.0. The van der Waals surface area contributed by atoms with Gasteiger partial charge in [0, 0.05) is 29.5 Å². The number of amidine groups is 1. The van der Waals surface area contributed by atoms with Crippen LogP contribution < -0.4 is 5.73 Å². The van der Waals surface area contributed by atoms with Gasteiger partial charge in [0.25, 0.3) is 5.84 Å². The van der Waals surface area contributed by atoms with Gasteiger partial charge in [-0.05, 0) is 59.4 Å². The van der Waals surface area contributed by atoms with Crippen molar-refractivity contribution in [1.82, 2.24) is 24.3 Å². The van der Waals surface area contributed by atoms with E-state index in [9.17, 15) is 0 Å². The fourth-order valence-electron chi connectivity index (χ4n) is 7.04. The maximum absolute atomic E-state index is 6.08. The number of anilines is 1. The van der Waals surface area contributed by atoms with Crippen LogP contribution in [-0.4, -0.2) is 48.8 Å². The molecule has 5 heterocycles. The molecule has 1 fully saturated rings. The van der Waals surface area contributed by atoms with E-state index in [0.717, 1.165) is 60.3 Å². The van der Waals surface area contributed by atoms with E-state index in [0.29, 0.717) is 0 Å². The van der Waals surface area contributed by atoms with Gasteiger partial charge in [0.1, 0.15) is 18.1 Å². The predicted molar refractivity (Wildman–Crippen MR) is 163 cm³/mol. The normalized spacial score (nSPS) is 20.1. The molecule has 2 N–H and O–H groups in total. The second-order valence-corrected chi connectivity index (χ2v) is 11.8. The number of aromatic nitrogens is 4. The molecule has 0 amide bonds. The molecule has 4 aromatic rings. The van der Waals surface area contributed by atoms with Gasteiger partial charge in [-0.3, -0.25) is 9.39 Å². The maximum atomic E-state index is 6.08. The first-order chi connectivity index (χ1) is 20.2. The fraction of sp³-hybridized carbons (Fsp3) is 0.303. The minimum atomic E-state index is 0.729. The Bertz CT molecular complexity index is 1720. The highest BCUT2D eigenvalue weighted by atomic mass is 15.5. The molecule has 0 saturated heterocycles. The van der Waals surface area contributed by atoms with Gasteiger partial charge in [-0.25, -0.2) is 4.68 Å². The molecule has 3 aliphatic heterocycles. The summed E-state index contributed by atoms with van der Waals surface area (Å²) in [7, 11) is 2.22. The Morgan fingerprint density at radius 1 is 0.927 bits per heavy atom. The summed E-state index contributed by atoms with van der Waals surface area (Å²) in [5, 5.41) is 9.20. The van der Waals surface area contributed by atoms with Crippen molar-refractivity contribution in [1.29, 1.82) is 0 Å².